The summed E-state index contributed by atoms with van der Waals surface area (Å²) in [6, 6.07) is 19.1. The van der Waals surface area contributed by atoms with E-state index in [1.54, 1.807) is 10.9 Å². The molecule has 0 N–H and O–H groups in total. The van der Waals surface area contributed by atoms with Gasteiger partial charge in [0.25, 0.3) is 5.91 Å². The van der Waals surface area contributed by atoms with Crippen molar-refractivity contribution in [2.24, 2.45) is 5.10 Å². The smallest absolute Gasteiger partial charge is 0.253 e. The number of carbonyl (C=O) groups excluding carboxylic acids is 1. The number of thioether (sulfide) groups is 1. The lowest BCUT2D eigenvalue weighted by Crippen LogP contribution is -2.28. The van der Waals surface area contributed by atoms with Crippen LogP contribution in [0.2, 0.25) is 0 Å². The first-order chi connectivity index (χ1) is 17.6. The summed E-state index contributed by atoms with van der Waals surface area (Å²) in [7, 11) is 0. The Morgan fingerprint density at radius 2 is 2.00 bits per heavy atom. The quantitative estimate of drug-likeness (QED) is 0.301. The lowest BCUT2D eigenvalue weighted by molar-refractivity contribution is -0.130. The number of furan rings is 2. The first-order valence-corrected chi connectivity index (χ1v) is 12.5. The molecule has 0 radical (unpaired) electrons. The Hall–Kier alpha value is -4.18. The molecule has 9 nitrogen and oxygen atoms in total. The third kappa shape index (κ3) is 4.09. The second kappa shape index (κ2) is 9.12. The lowest BCUT2D eigenvalue weighted by Gasteiger charge is -2.19. The Morgan fingerprint density at radius 1 is 1.11 bits per heavy atom. The summed E-state index contributed by atoms with van der Waals surface area (Å²) in [5.41, 5.74) is 4.56. The molecule has 4 heterocycles. The highest BCUT2D eigenvalue weighted by atomic mass is 32.2. The molecule has 0 fully saturated rings. The van der Waals surface area contributed by atoms with Crippen LogP contribution in [0.3, 0.4) is 0 Å². The highest BCUT2D eigenvalue weighted by molar-refractivity contribution is 7.99. The minimum absolute atomic E-state index is 0.111. The second-order valence-corrected chi connectivity index (χ2v) is 9.56. The summed E-state index contributed by atoms with van der Waals surface area (Å²) in [5.74, 6) is 1.25. The number of nitrogens with zero attached hydrogens (tertiary/aromatic N) is 6. The maximum absolute atomic E-state index is 13.4. The van der Waals surface area contributed by atoms with Crippen molar-refractivity contribution in [2.75, 3.05) is 5.75 Å². The fraction of sp³-hybridized carbons (Fsp3) is 0.192. The molecule has 0 saturated heterocycles. The Bertz CT molecular complexity index is 1550. The monoisotopic (exact) mass is 498 g/mol. The van der Waals surface area contributed by atoms with Crippen LogP contribution in [0.25, 0.3) is 16.7 Å². The van der Waals surface area contributed by atoms with Gasteiger partial charge in [0.1, 0.15) is 23.1 Å². The zero-order valence-electron chi connectivity index (χ0n) is 19.7. The average Bonchev–Trinajstić information content (AvgIpc) is 3.67. The molecule has 1 unspecified atom stereocenters. The Kier molecular flexibility index (Phi) is 5.65. The van der Waals surface area contributed by atoms with E-state index in [2.05, 4.69) is 26.7 Å². The van der Waals surface area contributed by atoms with Gasteiger partial charge in [-0.3, -0.25) is 4.79 Å². The van der Waals surface area contributed by atoms with E-state index in [1.807, 2.05) is 68.4 Å². The minimum Gasteiger partial charge on any atom is -0.467 e. The largest absolute Gasteiger partial charge is 0.467 e. The van der Waals surface area contributed by atoms with Gasteiger partial charge in [-0.05, 0) is 60.2 Å². The molecule has 0 spiro atoms. The van der Waals surface area contributed by atoms with E-state index in [0.717, 1.165) is 27.8 Å². The first kappa shape index (κ1) is 22.3. The third-order valence-electron chi connectivity index (χ3n) is 6.09. The molecule has 0 bridgehead atoms. The molecule has 36 heavy (non-hydrogen) atoms. The third-order valence-corrected chi connectivity index (χ3v) is 7.00. The summed E-state index contributed by atoms with van der Waals surface area (Å²) in [4.78, 5) is 13.4. The van der Waals surface area contributed by atoms with Crippen molar-refractivity contribution in [3.8, 4) is 5.69 Å². The van der Waals surface area contributed by atoms with Gasteiger partial charge in [0, 0.05) is 11.8 Å². The summed E-state index contributed by atoms with van der Waals surface area (Å²) in [5, 5.41) is 19.8. The number of amides is 1. The van der Waals surface area contributed by atoms with Gasteiger partial charge in [0.05, 0.1) is 17.7 Å². The van der Waals surface area contributed by atoms with Crippen molar-refractivity contribution in [2.45, 2.75) is 31.5 Å². The van der Waals surface area contributed by atoms with Crippen LogP contribution in [-0.2, 0) is 4.79 Å². The van der Waals surface area contributed by atoms with Gasteiger partial charge in [-0.1, -0.05) is 47.7 Å². The normalized spacial score (nSPS) is 15.6. The molecular weight excluding hydrogens is 476 g/mol. The Labute approximate surface area is 210 Å². The maximum Gasteiger partial charge on any atom is 0.253 e. The van der Waals surface area contributed by atoms with Crippen molar-refractivity contribution in [1.29, 1.82) is 0 Å². The van der Waals surface area contributed by atoms with Crippen molar-refractivity contribution >= 4 is 34.3 Å². The molecule has 1 atom stereocenters. The number of carbonyl (C=O) groups is 1. The summed E-state index contributed by atoms with van der Waals surface area (Å²) in [6.45, 7) is 4.05. The van der Waals surface area contributed by atoms with Gasteiger partial charge < -0.3 is 8.83 Å². The Morgan fingerprint density at radius 3 is 2.81 bits per heavy atom. The fourth-order valence-electron chi connectivity index (χ4n) is 4.37. The molecule has 3 aromatic heterocycles. The number of rotatable bonds is 6. The van der Waals surface area contributed by atoms with E-state index in [0.29, 0.717) is 28.8 Å². The van der Waals surface area contributed by atoms with Crippen LogP contribution in [0.5, 0.6) is 0 Å². The number of aromatic nitrogens is 4. The average molecular weight is 499 g/mol. The number of hydrogen-bond donors (Lipinski definition) is 0. The van der Waals surface area contributed by atoms with Gasteiger partial charge in [-0.2, -0.15) is 9.78 Å². The number of hydrazone groups is 1. The molecule has 1 aliphatic rings. The zero-order valence-corrected chi connectivity index (χ0v) is 20.5. The summed E-state index contributed by atoms with van der Waals surface area (Å²) < 4.78 is 13.3. The number of aryl methyl sites for hydroxylation is 2. The van der Waals surface area contributed by atoms with E-state index in [-0.39, 0.29) is 17.7 Å². The molecule has 5 aromatic rings. The maximum atomic E-state index is 13.4. The zero-order chi connectivity index (χ0) is 24.6. The number of tetrazole rings is 1. The number of fused-ring (bicyclic) bond motifs is 1. The van der Waals surface area contributed by atoms with Gasteiger partial charge >= 0.3 is 0 Å². The highest BCUT2D eigenvalue weighted by Gasteiger charge is 2.36. The first-order valence-electron chi connectivity index (χ1n) is 11.5. The van der Waals surface area contributed by atoms with Crippen molar-refractivity contribution in [3.63, 3.8) is 0 Å². The van der Waals surface area contributed by atoms with Crippen LogP contribution in [0.15, 0.2) is 86.0 Å². The van der Waals surface area contributed by atoms with E-state index in [4.69, 9.17) is 8.83 Å². The van der Waals surface area contributed by atoms with Crippen molar-refractivity contribution in [1.82, 2.24) is 25.2 Å². The van der Waals surface area contributed by atoms with Gasteiger partial charge in [0.15, 0.2) is 5.76 Å². The SMILES string of the molecule is Cc1ccc(-n2nnnc2SCC(=O)N2N=C(c3cc4ccccc4o3)CC2c2ccco2)c(C)c1. The topological polar surface area (TPSA) is 103 Å². The number of para-hydroxylation sites is 1. The van der Waals surface area contributed by atoms with Crippen LogP contribution in [-0.4, -0.2) is 42.6 Å². The van der Waals surface area contributed by atoms with Gasteiger partial charge in [0.2, 0.25) is 5.16 Å². The van der Waals surface area contributed by atoms with Crippen LogP contribution in [0.4, 0.5) is 0 Å². The minimum atomic E-state index is -0.355. The predicted molar refractivity (Wildman–Crippen MR) is 135 cm³/mol. The van der Waals surface area contributed by atoms with Crippen LogP contribution < -0.4 is 0 Å². The van der Waals surface area contributed by atoms with Crippen LogP contribution >= 0.6 is 11.8 Å². The lowest BCUT2D eigenvalue weighted by atomic mass is 10.1. The molecular formula is C26H22N6O3S. The highest BCUT2D eigenvalue weighted by Crippen LogP contribution is 2.35. The predicted octanol–water partition coefficient (Wildman–Crippen LogP) is 5.09. The molecule has 2 aromatic carbocycles. The van der Waals surface area contributed by atoms with Crippen molar-refractivity contribution in [3.05, 3.63) is 89.6 Å². The number of benzene rings is 2. The summed E-state index contributed by atoms with van der Waals surface area (Å²) >= 11 is 1.27. The van der Waals surface area contributed by atoms with E-state index < -0.39 is 0 Å². The Balaban J connectivity index is 1.25. The van der Waals surface area contributed by atoms with Gasteiger partial charge in [-0.25, -0.2) is 5.01 Å². The molecule has 0 aliphatic carbocycles. The van der Waals surface area contributed by atoms with E-state index in [1.165, 1.54) is 16.8 Å². The van der Waals surface area contributed by atoms with Crippen LogP contribution in [0, 0.1) is 13.8 Å². The van der Waals surface area contributed by atoms with E-state index in [9.17, 15) is 4.79 Å². The standard InChI is InChI=1S/C26H22N6O3S/c1-16-9-10-20(17(2)12-16)32-26(27-29-30-32)36-15-25(33)31-21(23-8-5-11-34-23)14-19(28-31)24-13-18-6-3-4-7-22(18)35-24/h3-13,21H,14-15H2,1-2H3. The fourth-order valence-corrected chi connectivity index (χ4v) is 5.11. The summed E-state index contributed by atoms with van der Waals surface area (Å²) in [6.07, 6.45) is 2.09. The van der Waals surface area contributed by atoms with Crippen molar-refractivity contribution < 1.29 is 13.6 Å². The molecule has 1 aliphatic heterocycles. The second-order valence-electron chi connectivity index (χ2n) is 8.62. The molecule has 180 valence electrons. The molecule has 6 rings (SSSR count). The van der Waals surface area contributed by atoms with Crippen LogP contribution in [0.1, 0.15) is 35.1 Å². The molecule has 10 heteroatoms. The van der Waals surface area contributed by atoms with E-state index >= 15 is 0 Å². The molecule has 0 saturated carbocycles. The molecule has 1 amide bonds. The number of hydrogen-bond acceptors (Lipinski definition) is 8. The van der Waals surface area contributed by atoms with Gasteiger partial charge in [-0.15, -0.1) is 5.10 Å².